The van der Waals surface area contributed by atoms with Gasteiger partial charge in [0.05, 0.1) is 7.11 Å². The average Bonchev–Trinajstić information content (AvgIpc) is 2.70. The van der Waals surface area contributed by atoms with E-state index in [9.17, 15) is 0 Å². The molecule has 0 N–H and O–H groups in total. The van der Waals surface area contributed by atoms with E-state index in [2.05, 4.69) is 36.7 Å². The lowest BCUT2D eigenvalue weighted by Crippen LogP contribution is -2.01. The van der Waals surface area contributed by atoms with Gasteiger partial charge in [-0.15, -0.1) is 7.53 Å². The molecule has 16 heavy (non-hydrogen) atoms. The van der Waals surface area contributed by atoms with Gasteiger partial charge in [-0.05, 0) is 65.5 Å². The van der Waals surface area contributed by atoms with E-state index in [0.717, 1.165) is 5.75 Å². The monoisotopic (exact) mass is 230 g/mol. The Hall–Kier alpha value is -1.20. The topological polar surface area (TPSA) is 9.23 Å². The normalized spacial score (nSPS) is 14.2. The molecule has 1 nitrogen and oxygen atoms in total. The third-order valence-electron chi connectivity index (χ3n) is 3.44. The summed E-state index contributed by atoms with van der Waals surface area (Å²) in [5.74, 6) is 3.35. The number of methoxy groups -OCH3 is 1. The van der Waals surface area contributed by atoms with E-state index >= 15 is 0 Å². The summed E-state index contributed by atoms with van der Waals surface area (Å²) in [6.45, 7) is 2.35. The van der Waals surface area contributed by atoms with Crippen LogP contribution in [0.4, 0.5) is 0 Å². The first-order valence-corrected chi connectivity index (χ1v) is 7.47. The van der Waals surface area contributed by atoms with Gasteiger partial charge in [0, 0.05) is 0 Å². The Balaban J connectivity index is 2.18. The van der Waals surface area contributed by atoms with Gasteiger partial charge in [-0.3, -0.25) is 0 Å². The summed E-state index contributed by atoms with van der Waals surface area (Å²) in [6.07, 6.45) is 2.39. The van der Waals surface area contributed by atoms with E-state index in [1.54, 1.807) is 12.4 Å². The summed E-state index contributed by atoms with van der Waals surface area (Å²) in [7, 11) is 1.74. The molecule has 0 bridgehead atoms. The Labute approximate surface area is 97.1 Å². The van der Waals surface area contributed by atoms with Gasteiger partial charge < -0.3 is 4.74 Å². The Morgan fingerprint density at radius 2 is 2.00 bits per heavy atom. The van der Waals surface area contributed by atoms with Crippen LogP contribution in [0.2, 0.25) is 0 Å². The first-order chi connectivity index (χ1) is 7.79. The molecule has 0 fully saturated rings. The van der Waals surface area contributed by atoms with E-state index < -0.39 is 0 Å². The second kappa shape index (κ2) is 3.68. The van der Waals surface area contributed by atoms with Gasteiger partial charge in [-0.1, -0.05) is 6.07 Å². The van der Waals surface area contributed by atoms with E-state index in [1.807, 2.05) is 0 Å². The van der Waals surface area contributed by atoms with Crippen LogP contribution in [0.15, 0.2) is 30.1 Å². The standard InChI is InChI=1S/C14H15OP/c1-15-11-4-5-12-10(9-11)3-6-14-13(12)7-8-16(14)2/h4-5,7-9H,3,6H2,1-2H3. The summed E-state index contributed by atoms with van der Waals surface area (Å²) < 4.78 is 5.28. The molecule has 1 heterocycles. The predicted octanol–water partition coefficient (Wildman–Crippen LogP) is 3.98. The Bertz CT molecular complexity index is 540. The highest BCUT2D eigenvalue weighted by Gasteiger charge is 2.18. The van der Waals surface area contributed by atoms with Crippen molar-refractivity contribution in [2.75, 3.05) is 7.11 Å². The highest BCUT2D eigenvalue weighted by Crippen LogP contribution is 2.45. The fraction of sp³-hybridized carbons (Fsp3) is 0.286. The first-order valence-electron chi connectivity index (χ1n) is 5.61. The number of fused-ring (bicyclic) bond motifs is 3. The van der Waals surface area contributed by atoms with Crippen molar-refractivity contribution >= 4 is 7.53 Å². The van der Waals surface area contributed by atoms with Crippen molar-refractivity contribution in [2.24, 2.45) is 6.66 Å². The maximum atomic E-state index is 5.28. The number of ether oxygens (including phenoxy) is 1. The van der Waals surface area contributed by atoms with Crippen molar-refractivity contribution in [3.05, 3.63) is 40.9 Å². The number of aryl methyl sites for hydroxylation is 2. The fourth-order valence-corrected chi connectivity index (χ4v) is 4.13. The zero-order valence-electron chi connectivity index (χ0n) is 9.66. The van der Waals surface area contributed by atoms with Gasteiger partial charge in [0.15, 0.2) is 0 Å². The van der Waals surface area contributed by atoms with Gasteiger partial charge in [0.2, 0.25) is 0 Å². The third kappa shape index (κ3) is 1.39. The minimum Gasteiger partial charge on any atom is -0.497 e. The van der Waals surface area contributed by atoms with E-state index in [-0.39, 0.29) is 7.53 Å². The van der Waals surface area contributed by atoms with Crippen molar-refractivity contribution in [1.29, 1.82) is 0 Å². The lowest BCUT2D eigenvalue weighted by atomic mass is 9.91. The molecule has 1 aliphatic carbocycles. The lowest BCUT2D eigenvalue weighted by Gasteiger charge is -2.18. The zero-order chi connectivity index (χ0) is 11.1. The maximum absolute atomic E-state index is 5.28. The van der Waals surface area contributed by atoms with Crippen LogP contribution in [0, 0.1) is 0 Å². The van der Waals surface area contributed by atoms with Gasteiger partial charge in [0.25, 0.3) is 0 Å². The molecule has 0 spiro atoms. The Morgan fingerprint density at radius 3 is 2.81 bits per heavy atom. The van der Waals surface area contributed by atoms with Crippen LogP contribution in [-0.4, -0.2) is 7.11 Å². The second-order valence-corrected chi connectivity index (χ2v) is 6.37. The van der Waals surface area contributed by atoms with Crippen molar-refractivity contribution in [3.8, 4) is 16.9 Å². The van der Waals surface area contributed by atoms with E-state index in [1.165, 1.54) is 29.5 Å². The molecule has 1 atom stereocenters. The van der Waals surface area contributed by atoms with Crippen LogP contribution in [0.1, 0.15) is 10.9 Å². The summed E-state index contributed by atoms with van der Waals surface area (Å²) >= 11 is 0. The van der Waals surface area contributed by atoms with E-state index in [0.29, 0.717) is 0 Å². The molecule has 0 saturated heterocycles. The molecule has 1 unspecified atom stereocenters. The quantitative estimate of drug-likeness (QED) is 0.719. The van der Waals surface area contributed by atoms with Gasteiger partial charge in [-0.25, -0.2) is 0 Å². The van der Waals surface area contributed by atoms with Crippen LogP contribution in [0.5, 0.6) is 5.75 Å². The van der Waals surface area contributed by atoms with Crippen molar-refractivity contribution in [3.63, 3.8) is 0 Å². The molecule has 1 aliphatic rings. The first kappa shape index (κ1) is 9.99. The molecule has 0 amide bonds. The molecule has 0 radical (unpaired) electrons. The van der Waals surface area contributed by atoms with E-state index in [4.69, 9.17) is 4.74 Å². The van der Waals surface area contributed by atoms with Crippen molar-refractivity contribution in [1.82, 2.24) is 0 Å². The average molecular weight is 230 g/mol. The summed E-state index contributed by atoms with van der Waals surface area (Å²) in [5.41, 5.74) is 4.34. The van der Waals surface area contributed by atoms with Gasteiger partial charge >= 0.3 is 0 Å². The van der Waals surface area contributed by atoms with Crippen LogP contribution in [0.25, 0.3) is 11.1 Å². The number of hydrogen-bond donors (Lipinski definition) is 0. The fourth-order valence-electron chi connectivity index (χ4n) is 2.54. The highest BCUT2D eigenvalue weighted by atomic mass is 31.1. The Kier molecular flexibility index (Phi) is 2.29. The zero-order valence-corrected chi connectivity index (χ0v) is 10.6. The van der Waals surface area contributed by atoms with Crippen molar-refractivity contribution in [2.45, 2.75) is 12.8 Å². The SMILES string of the molecule is COc1ccc2c(c1)CCc1c-2ccp1C. The van der Waals surface area contributed by atoms with Gasteiger partial charge in [-0.2, -0.15) is 0 Å². The molecular formula is C14H15OP. The summed E-state index contributed by atoms with van der Waals surface area (Å²) in [4.78, 5) is 0. The highest BCUT2D eigenvalue weighted by molar-refractivity contribution is 7.48. The minimum absolute atomic E-state index is 0.00965. The largest absolute Gasteiger partial charge is 0.497 e. The molecule has 2 heteroatoms. The molecule has 2 aromatic rings. The number of benzene rings is 1. The van der Waals surface area contributed by atoms with Gasteiger partial charge in [0.1, 0.15) is 5.75 Å². The summed E-state index contributed by atoms with van der Waals surface area (Å²) in [6, 6.07) is 8.77. The van der Waals surface area contributed by atoms with Crippen LogP contribution < -0.4 is 4.74 Å². The molecule has 1 aromatic heterocycles. The second-order valence-electron chi connectivity index (χ2n) is 4.31. The predicted molar refractivity (Wildman–Crippen MR) is 69.5 cm³/mol. The molecule has 3 rings (SSSR count). The van der Waals surface area contributed by atoms with Crippen LogP contribution >= 0.6 is 7.53 Å². The van der Waals surface area contributed by atoms with Crippen LogP contribution in [-0.2, 0) is 19.5 Å². The molecule has 0 saturated carbocycles. The molecule has 0 aliphatic heterocycles. The summed E-state index contributed by atoms with van der Waals surface area (Å²) in [5, 5.41) is 1.67. The van der Waals surface area contributed by atoms with Crippen LogP contribution in [0.3, 0.4) is 0 Å². The number of hydrogen-bond acceptors (Lipinski definition) is 1. The number of rotatable bonds is 1. The van der Waals surface area contributed by atoms with Crippen molar-refractivity contribution < 1.29 is 4.74 Å². The smallest absolute Gasteiger partial charge is 0.119 e. The maximum Gasteiger partial charge on any atom is 0.119 e. The third-order valence-corrected chi connectivity index (χ3v) is 5.35. The lowest BCUT2D eigenvalue weighted by molar-refractivity contribution is 0.414. The molecular weight excluding hydrogens is 215 g/mol. The molecule has 1 aromatic carbocycles. The molecule has 82 valence electrons. The Morgan fingerprint density at radius 1 is 1.12 bits per heavy atom. The minimum atomic E-state index is 0.00965.